The first-order valence-corrected chi connectivity index (χ1v) is 10.5. The van der Waals surface area contributed by atoms with Crippen molar-refractivity contribution in [2.45, 2.75) is 71.3 Å². The number of aliphatic carboxylic acids is 1. The number of rotatable bonds is 2. The molecule has 4 aliphatic carbocycles. The van der Waals surface area contributed by atoms with Crippen LogP contribution in [0.25, 0.3) is 0 Å². The predicted molar refractivity (Wildman–Crippen MR) is 100 cm³/mol. The van der Waals surface area contributed by atoms with Gasteiger partial charge in [-0.3, -0.25) is 4.79 Å². The average Bonchev–Trinajstić information content (AvgIpc) is 2.85. The van der Waals surface area contributed by atoms with Crippen molar-refractivity contribution in [1.29, 1.82) is 0 Å². The van der Waals surface area contributed by atoms with E-state index in [4.69, 9.17) is 0 Å². The summed E-state index contributed by atoms with van der Waals surface area (Å²) >= 11 is 0. The van der Waals surface area contributed by atoms with Crippen molar-refractivity contribution in [2.75, 3.05) is 0 Å². The van der Waals surface area contributed by atoms with Gasteiger partial charge in [0.1, 0.15) is 6.17 Å². The highest BCUT2D eigenvalue weighted by molar-refractivity contribution is 5.91. The number of fused-ring (bicyclic) bond motifs is 5. The number of alkyl halides is 1. The van der Waals surface area contributed by atoms with Gasteiger partial charge >= 0.3 is 5.97 Å². The maximum atomic E-state index is 15.3. The van der Waals surface area contributed by atoms with Crippen LogP contribution in [0.15, 0.2) is 11.6 Å². The Kier molecular flexibility index (Phi) is 4.55. The third-order valence-corrected chi connectivity index (χ3v) is 8.90. The lowest BCUT2D eigenvalue weighted by Crippen LogP contribution is -2.59. The summed E-state index contributed by atoms with van der Waals surface area (Å²) in [5.41, 5.74) is -0.538. The molecule has 0 amide bonds. The monoisotopic (exact) mass is 394 g/mol. The van der Waals surface area contributed by atoms with Crippen LogP contribution >= 0.6 is 0 Å². The lowest BCUT2D eigenvalue weighted by Gasteiger charge is -2.60. The molecule has 0 spiro atoms. The number of carbonyl (C=O) groups is 2. The summed E-state index contributed by atoms with van der Waals surface area (Å²) in [7, 11) is 0. The van der Waals surface area contributed by atoms with E-state index >= 15 is 4.39 Å². The molecule has 10 atom stereocenters. The van der Waals surface area contributed by atoms with E-state index in [1.165, 1.54) is 6.08 Å². The van der Waals surface area contributed by atoms with Crippen LogP contribution in [0.4, 0.5) is 4.39 Å². The standard InChI is InChI=1S/C22H31FO5/c1-10-6-13-12-8-15(23)14-7-11(24)4-5-21(14,2)18(12)16(25)9-22(13,3)17(10)19(26)20(27)28/h7,10,12-13,15-19,25-26H,4-6,8-9H2,1-3H3,(H,27,28)/t10-,12+,13+,15+,16+,17-,18-,19-,21+,22+/m1/s1. The maximum Gasteiger partial charge on any atom is 0.332 e. The number of hydrogen-bond acceptors (Lipinski definition) is 4. The van der Waals surface area contributed by atoms with Gasteiger partial charge in [-0.1, -0.05) is 20.8 Å². The van der Waals surface area contributed by atoms with Gasteiger partial charge in [-0.2, -0.15) is 0 Å². The number of halogens is 1. The molecule has 0 unspecified atom stereocenters. The van der Waals surface area contributed by atoms with Gasteiger partial charge < -0.3 is 15.3 Å². The molecule has 3 N–H and O–H groups in total. The number of carboxylic acid groups (broad SMARTS) is 1. The number of aliphatic hydroxyl groups excluding tert-OH is 2. The zero-order chi connectivity index (χ0) is 20.6. The molecular weight excluding hydrogens is 363 g/mol. The van der Waals surface area contributed by atoms with Crippen LogP contribution < -0.4 is 0 Å². The van der Waals surface area contributed by atoms with Crippen LogP contribution in [0, 0.1) is 40.4 Å². The molecule has 0 aromatic rings. The van der Waals surface area contributed by atoms with Gasteiger partial charge in [0.2, 0.25) is 0 Å². The molecule has 0 aromatic heterocycles. The Morgan fingerprint density at radius 2 is 2.00 bits per heavy atom. The average molecular weight is 394 g/mol. The van der Waals surface area contributed by atoms with E-state index in [1.807, 2.05) is 20.8 Å². The summed E-state index contributed by atoms with van der Waals surface area (Å²) in [4.78, 5) is 23.4. The van der Waals surface area contributed by atoms with Gasteiger partial charge in [-0.15, -0.1) is 0 Å². The van der Waals surface area contributed by atoms with Crippen LogP contribution in [0.5, 0.6) is 0 Å². The Hall–Kier alpha value is -1.27. The zero-order valence-electron chi connectivity index (χ0n) is 16.8. The number of carboxylic acids is 1. The Morgan fingerprint density at radius 3 is 2.64 bits per heavy atom. The Labute approximate surface area is 165 Å². The normalized spacial score (nSPS) is 51.6. The highest BCUT2D eigenvalue weighted by Gasteiger charge is 2.66. The second kappa shape index (κ2) is 6.36. The van der Waals surface area contributed by atoms with Crippen LogP contribution in [-0.2, 0) is 9.59 Å². The Morgan fingerprint density at radius 1 is 1.32 bits per heavy atom. The van der Waals surface area contributed by atoms with Gasteiger partial charge in [-0.25, -0.2) is 9.18 Å². The zero-order valence-corrected chi connectivity index (χ0v) is 16.8. The molecule has 0 saturated heterocycles. The lowest BCUT2D eigenvalue weighted by atomic mass is 9.45. The highest BCUT2D eigenvalue weighted by Crippen LogP contribution is 2.68. The van der Waals surface area contributed by atoms with E-state index in [-0.39, 0.29) is 35.9 Å². The predicted octanol–water partition coefficient (Wildman–Crippen LogP) is 2.74. The topological polar surface area (TPSA) is 94.8 Å². The second-order valence-electron chi connectivity index (χ2n) is 10.3. The van der Waals surface area contributed by atoms with Crippen molar-refractivity contribution in [3.8, 4) is 0 Å². The quantitative estimate of drug-likeness (QED) is 0.669. The molecule has 0 aromatic carbocycles. The molecule has 4 aliphatic rings. The number of hydrogen-bond donors (Lipinski definition) is 3. The molecular formula is C22H31FO5. The van der Waals surface area contributed by atoms with Gasteiger partial charge in [0.15, 0.2) is 11.9 Å². The summed E-state index contributed by atoms with van der Waals surface area (Å²) in [6.07, 6.45) is 0.428. The molecule has 4 rings (SSSR count). The van der Waals surface area contributed by atoms with Crippen molar-refractivity contribution in [1.82, 2.24) is 0 Å². The summed E-state index contributed by atoms with van der Waals surface area (Å²) in [6.45, 7) is 5.93. The van der Waals surface area contributed by atoms with Gasteiger partial charge in [-0.05, 0) is 71.8 Å². The molecule has 0 aliphatic heterocycles. The molecule has 0 heterocycles. The third-order valence-electron chi connectivity index (χ3n) is 8.90. The molecule has 28 heavy (non-hydrogen) atoms. The number of aliphatic hydroxyl groups is 2. The summed E-state index contributed by atoms with van der Waals surface area (Å²) in [5, 5.41) is 31.0. The minimum atomic E-state index is -1.48. The van der Waals surface area contributed by atoms with Crippen molar-refractivity contribution < 1.29 is 29.3 Å². The fourth-order valence-corrected chi connectivity index (χ4v) is 7.92. The van der Waals surface area contributed by atoms with Crippen LogP contribution in [0.3, 0.4) is 0 Å². The SMILES string of the molecule is C[C@@H]1C[C@H]2[C@@H]3C[C@H](F)C4=CC(=O)CC[C@]4(C)[C@H]3[C@@H](O)C[C@]2(C)[C@H]1[C@@H](O)C(=O)O. The van der Waals surface area contributed by atoms with Gasteiger partial charge in [0.25, 0.3) is 0 Å². The van der Waals surface area contributed by atoms with Crippen molar-refractivity contribution in [3.05, 3.63) is 11.6 Å². The molecule has 3 saturated carbocycles. The summed E-state index contributed by atoms with van der Waals surface area (Å²) in [5.74, 6) is -1.89. The van der Waals surface area contributed by atoms with Crippen molar-refractivity contribution in [3.63, 3.8) is 0 Å². The van der Waals surface area contributed by atoms with E-state index in [0.717, 1.165) is 6.42 Å². The molecule has 0 radical (unpaired) electrons. The maximum absolute atomic E-state index is 15.3. The van der Waals surface area contributed by atoms with E-state index < -0.39 is 41.1 Å². The van der Waals surface area contributed by atoms with E-state index in [9.17, 15) is 24.9 Å². The fourth-order valence-electron chi connectivity index (χ4n) is 7.92. The smallest absolute Gasteiger partial charge is 0.332 e. The van der Waals surface area contributed by atoms with Crippen LogP contribution in [0.2, 0.25) is 0 Å². The first kappa shape index (κ1) is 20.0. The van der Waals surface area contributed by atoms with E-state index in [0.29, 0.717) is 24.8 Å². The number of allylic oxidation sites excluding steroid dienone is 1. The summed E-state index contributed by atoms with van der Waals surface area (Å²) in [6, 6.07) is 0. The third kappa shape index (κ3) is 2.56. The van der Waals surface area contributed by atoms with Crippen LogP contribution in [-0.4, -0.2) is 45.5 Å². The van der Waals surface area contributed by atoms with E-state index in [1.54, 1.807) is 0 Å². The van der Waals surface area contributed by atoms with Crippen molar-refractivity contribution >= 4 is 11.8 Å². The van der Waals surface area contributed by atoms with Gasteiger partial charge in [0, 0.05) is 12.3 Å². The molecule has 0 bridgehead atoms. The minimum Gasteiger partial charge on any atom is -0.479 e. The van der Waals surface area contributed by atoms with Gasteiger partial charge in [0.05, 0.1) is 6.10 Å². The minimum absolute atomic E-state index is 0.0113. The molecule has 156 valence electrons. The second-order valence-corrected chi connectivity index (χ2v) is 10.3. The Bertz CT molecular complexity index is 734. The number of ketones is 1. The largest absolute Gasteiger partial charge is 0.479 e. The molecule has 6 heteroatoms. The van der Waals surface area contributed by atoms with E-state index in [2.05, 4.69) is 0 Å². The molecule has 5 nitrogen and oxygen atoms in total. The lowest BCUT2D eigenvalue weighted by molar-refractivity contribution is -0.166. The Balaban J connectivity index is 1.75. The summed E-state index contributed by atoms with van der Waals surface area (Å²) < 4.78 is 15.3. The highest BCUT2D eigenvalue weighted by atomic mass is 19.1. The fraction of sp³-hybridized carbons (Fsp3) is 0.818. The molecule has 3 fully saturated rings. The van der Waals surface area contributed by atoms with Crippen LogP contribution in [0.1, 0.15) is 52.9 Å². The van der Waals surface area contributed by atoms with Crippen molar-refractivity contribution in [2.24, 2.45) is 40.4 Å². The number of carbonyl (C=O) groups excluding carboxylic acids is 1. The first-order valence-electron chi connectivity index (χ1n) is 10.5. The first-order chi connectivity index (χ1) is 13.0.